The molecular formula is C17H20N4. The molecule has 4 heteroatoms. The Morgan fingerprint density at radius 2 is 2.05 bits per heavy atom. The lowest BCUT2D eigenvalue weighted by Crippen LogP contribution is -2.22. The van der Waals surface area contributed by atoms with E-state index in [1.54, 1.807) is 0 Å². The number of benzene rings is 1. The van der Waals surface area contributed by atoms with Crippen LogP contribution >= 0.6 is 0 Å². The lowest BCUT2D eigenvalue weighted by molar-refractivity contribution is 0.556. The number of nitrogens with zero attached hydrogens (tertiary/aromatic N) is 3. The van der Waals surface area contributed by atoms with Gasteiger partial charge in [0.1, 0.15) is 0 Å². The van der Waals surface area contributed by atoms with Gasteiger partial charge in [-0.2, -0.15) is 5.10 Å². The SMILES string of the molecule is CCn1nccc1C(NC)c1cc(C)c2ccccc2n1. The highest BCUT2D eigenvalue weighted by molar-refractivity contribution is 5.82. The Balaban J connectivity index is 2.13. The van der Waals surface area contributed by atoms with Crippen LogP contribution in [0, 0.1) is 6.92 Å². The smallest absolute Gasteiger partial charge is 0.0919 e. The van der Waals surface area contributed by atoms with Gasteiger partial charge in [0.25, 0.3) is 0 Å². The molecule has 0 amide bonds. The molecule has 0 radical (unpaired) electrons. The summed E-state index contributed by atoms with van der Waals surface area (Å²) in [6, 6.07) is 12.5. The van der Waals surface area contributed by atoms with Gasteiger partial charge in [-0.05, 0) is 44.7 Å². The molecule has 0 aliphatic carbocycles. The van der Waals surface area contributed by atoms with Crippen molar-refractivity contribution in [3.05, 3.63) is 59.5 Å². The van der Waals surface area contributed by atoms with Crippen molar-refractivity contribution in [3.8, 4) is 0 Å². The molecule has 4 nitrogen and oxygen atoms in total. The Bertz CT molecular complexity index is 760. The lowest BCUT2D eigenvalue weighted by atomic mass is 10.0. The van der Waals surface area contributed by atoms with Crippen molar-refractivity contribution in [2.75, 3.05) is 7.05 Å². The van der Waals surface area contributed by atoms with Crippen molar-refractivity contribution < 1.29 is 0 Å². The normalized spacial score (nSPS) is 12.7. The van der Waals surface area contributed by atoms with Crippen LogP contribution in [-0.2, 0) is 6.54 Å². The summed E-state index contributed by atoms with van der Waals surface area (Å²) >= 11 is 0. The van der Waals surface area contributed by atoms with Crippen molar-refractivity contribution in [3.63, 3.8) is 0 Å². The maximum Gasteiger partial charge on any atom is 0.0919 e. The number of para-hydroxylation sites is 1. The molecule has 0 spiro atoms. The van der Waals surface area contributed by atoms with E-state index in [0.29, 0.717) is 0 Å². The van der Waals surface area contributed by atoms with Crippen molar-refractivity contribution in [2.24, 2.45) is 0 Å². The van der Waals surface area contributed by atoms with Crippen LogP contribution in [0.25, 0.3) is 10.9 Å². The van der Waals surface area contributed by atoms with E-state index in [2.05, 4.69) is 54.6 Å². The Hall–Kier alpha value is -2.20. The number of aromatic nitrogens is 3. The van der Waals surface area contributed by atoms with Gasteiger partial charge in [0, 0.05) is 18.1 Å². The molecule has 1 atom stereocenters. The van der Waals surface area contributed by atoms with Crippen LogP contribution in [0.15, 0.2) is 42.6 Å². The van der Waals surface area contributed by atoms with E-state index in [1.165, 1.54) is 10.9 Å². The quantitative estimate of drug-likeness (QED) is 0.798. The maximum absolute atomic E-state index is 4.83. The van der Waals surface area contributed by atoms with E-state index in [0.717, 1.165) is 23.4 Å². The summed E-state index contributed by atoms with van der Waals surface area (Å²) in [4.78, 5) is 4.83. The van der Waals surface area contributed by atoms with E-state index in [1.807, 2.05) is 24.0 Å². The lowest BCUT2D eigenvalue weighted by Gasteiger charge is -2.18. The molecule has 108 valence electrons. The number of aryl methyl sites for hydroxylation is 2. The molecule has 1 N–H and O–H groups in total. The fraction of sp³-hybridized carbons (Fsp3) is 0.294. The first kappa shape index (κ1) is 13.8. The highest BCUT2D eigenvalue weighted by Gasteiger charge is 2.18. The minimum absolute atomic E-state index is 0.0516. The number of hydrogen-bond acceptors (Lipinski definition) is 3. The Kier molecular flexibility index (Phi) is 3.71. The minimum Gasteiger partial charge on any atom is -0.307 e. The van der Waals surface area contributed by atoms with Crippen LogP contribution in [-0.4, -0.2) is 21.8 Å². The van der Waals surface area contributed by atoms with Crippen LogP contribution in [0.2, 0.25) is 0 Å². The van der Waals surface area contributed by atoms with Crippen molar-refractivity contribution in [1.82, 2.24) is 20.1 Å². The molecule has 2 heterocycles. The van der Waals surface area contributed by atoms with Crippen LogP contribution in [0.4, 0.5) is 0 Å². The van der Waals surface area contributed by atoms with Crippen LogP contribution in [0.3, 0.4) is 0 Å². The van der Waals surface area contributed by atoms with Gasteiger partial charge in [-0.3, -0.25) is 9.67 Å². The molecule has 0 saturated carbocycles. The zero-order valence-electron chi connectivity index (χ0n) is 12.7. The standard InChI is InChI=1S/C17H20N4/c1-4-21-16(9-10-19-21)17(18-3)15-11-12(2)13-7-5-6-8-14(13)20-15/h5-11,17-18H,4H2,1-3H3. The molecular weight excluding hydrogens is 260 g/mol. The first-order chi connectivity index (χ1) is 10.2. The van der Waals surface area contributed by atoms with Crippen molar-refractivity contribution in [1.29, 1.82) is 0 Å². The third kappa shape index (κ3) is 2.43. The van der Waals surface area contributed by atoms with Crippen molar-refractivity contribution in [2.45, 2.75) is 26.4 Å². The zero-order chi connectivity index (χ0) is 14.8. The highest BCUT2D eigenvalue weighted by atomic mass is 15.3. The first-order valence-corrected chi connectivity index (χ1v) is 7.30. The topological polar surface area (TPSA) is 42.7 Å². The fourth-order valence-corrected chi connectivity index (χ4v) is 2.82. The third-order valence-corrected chi connectivity index (χ3v) is 3.87. The molecule has 1 aromatic carbocycles. The summed E-state index contributed by atoms with van der Waals surface area (Å²) in [5.41, 5.74) is 4.46. The second-order valence-electron chi connectivity index (χ2n) is 5.17. The fourth-order valence-electron chi connectivity index (χ4n) is 2.82. The Labute approximate surface area is 124 Å². The second kappa shape index (κ2) is 5.66. The minimum atomic E-state index is 0.0516. The monoisotopic (exact) mass is 280 g/mol. The second-order valence-corrected chi connectivity index (χ2v) is 5.17. The van der Waals surface area contributed by atoms with Gasteiger partial charge in [0.2, 0.25) is 0 Å². The Morgan fingerprint density at radius 1 is 1.24 bits per heavy atom. The van der Waals surface area contributed by atoms with Crippen molar-refractivity contribution >= 4 is 10.9 Å². The molecule has 0 saturated heterocycles. The van der Waals surface area contributed by atoms with E-state index < -0.39 is 0 Å². The number of fused-ring (bicyclic) bond motifs is 1. The maximum atomic E-state index is 4.83. The summed E-state index contributed by atoms with van der Waals surface area (Å²) < 4.78 is 2.01. The average molecular weight is 280 g/mol. The number of hydrogen-bond donors (Lipinski definition) is 1. The molecule has 1 unspecified atom stereocenters. The largest absolute Gasteiger partial charge is 0.307 e. The van der Waals surface area contributed by atoms with E-state index in [9.17, 15) is 0 Å². The van der Waals surface area contributed by atoms with Crippen LogP contribution in [0.5, 0.6) is 0 Å². The molecule has 21 heavy (non-hydrogen) atoms. The summed E-state index contributed by atoms with van der Waals surface area (Å²) in [5.74, 6) is 0. The number of rotatable bonds is 4. The molecule has 2 aromatic heterocycles. The van der Waals surface area contributed by atoms with Gasteiger partial charge in [-0.25, -0.2) is 0 Å². The number of pyridine rings is 1. The van der Waals surface area contributed by atoms with Gasteiger partial charge in [0.05, 0.1) is 22.9 Å². The summed E-state index contributed by atoms with van der Waals surface area (Å²) in [5, 5.41) is 8.94. The average Bonchev–Trinajstić information content (AvgIpc) is 2.96. The molecule has 0 fully saturated rings. The predicted octanol–water partition coefficient (Wildman–Crippen LogP) is 3.07. The molecule has 0 bridgehead atoms. The predicted molar refractivity (Wildman–Crippen MR) is 85.3 cm³/mol. The highest BCUT2D eigenvalue weighted by Crippen LogP contribution is 2.25. The van der Waals surface area contributed by atoms with E-state index in [4.69, 9.17) is 4.98 Å². The van der Waals surface area contributed by atoms with Gasteiger partial charge in [-0.15, -0.1) is 0 Å². The first-order valence-electron chi connectivity index (χ1n) is 7.30. The summed E-state index contributed by atoms with van der Waals surface area (Å²) in [6.45, 7) is 5.09. The third-order valence-electron chi connectivity index (χ3n) is 3.87. The number of nitrogens with one attached hydrogen (secondary N) is 1. The van der Waals surface area contributed by atoms with Crippen LogP contribution < -0.4 is 5.32 Å². The van der Waals surface area contributed by atoms with Gasteiger partial charge < -0.3 is 5.32 Å². The van der Waals surface area contributed by atoms with Crippen LogP contribution in [0.1, 0.15) is 29.9 Å². The van der Waals surface area contributed by atoms with E-state index >= 15 is 0 Å². The summed E-state index contributed by atoms with van der Waals surface area (Å²) in [6.07, 6.45) is 1.84. The molecule has 0 aliphatic heterocycles. The molecule has 3 aromatic rings. The molecule has 3 rings (SSSR count). The van der Waals surface area contributed by atoms with Gasteiger partial charge >= 0.3 is 0 Å². The van der Waals surface area contributed by atoms with Gasteiger partial charge in [-0.1, -0.05) is 18.2 Å². The zero-order valence-corrected chi connectivity index (χ0v) is 12.7. The summed E-state index contributed by atoms with van der Waals surface area (Å²) in [7, 11) is 1.96. The molecule has 0 aliphatic rings. The van der Waals surface area contributed by atoms with E-state index in [-0.39, 0.29) is 6.04 Å². The van der Waals surface area contributed by atoms with Gasteiger partial charge in [0.15, 0.2) is 0 Å². The Morgan fingerprint density at radius 3 is 2.81 bits per heavy atom.